The van der Waals surface area contributed by atoms with E-state index in [1.807, 2.05) is 0 Å². The molecule has 1 aromatic rings. The summed E-state index contributed by atoms with van der Waals surface area (Å²) >= 11 is 0. The van der Waals surface area contributed by atoms with Crippen molar-refractivity contribution >= 4 is 11.5 Å². The van der Waals surface area contributed by atoms with Gasteiger partial charge in [0.15, 0.2) is 11.5 Å². The second-order valence-electron chi connectivity index (χ2n) is 3.30. The number of ether oxygens (including phenoxy) is 2. The van der Waals surface area contributed by atoms with Crippen molar-refractivity contribution in [2.45, 2.75) is 6.43 Å². The lowest BCUT2D eigenvalue weighted by atomic mass is 10.1. The fraction of sp³-hybridized carbons (Fsp3) is 0.250. The van der Waals surface area contributed by atoms with Crippen LogP contribution in [-0.2, 0) is 4.79 Å². The van der Waals surface area contributed by atoms with E-state index in [4.69, 9.17) is 9.47 Å². The predicted octanol–water partition coefficient (Wildman–Crippen LogP) is 2.44. The first-order valence-corrected chi connectivity index (χ1v) is 4.94. The molecule has 0 aromatic heterocycles. The molecule has 0 saturated heterocycles. The molecule has 1 aromatic carbocycles. The molecule has 1 rings (SSSR count). The summed E-state index contributed by atoms with van der Waals surface area (Å²) in [5, 5.41) is 9.53. The molecule has 0 radical (unpaired) electrons. The van der Waals surface area contributed by atoms with E-state index in [-0.39, 0.29) is 5.56 Å². The molecule has 18 heavy (non-hydrogen) atoms. The number of halogens is 2. The number of methoxy groups -OCH3 is 2. The van der Waals surface area contributed by atoms with Gasteiger partial charge in [-0.15, -0.1) is 0 Å². The summed E-state index contributed by atoms with van der Waals surface area (Å²) in [7, 11) is 2.83. The van der Waals surface area contributed by atoms with Gasteiger partial charge in [-0.05, 0) is 18.2 Å². The molecule has 0 unspecified atom stereocenters. The molecule has 0 amide bonds. The molecule has 6 heteroatoms. The molecule has 4 nitrogen and oxygen atoms in total. The smallest absolute Gasteiger partial charge is 0.300 e. The van der Waals surface area contributed by atoms with Gasteiger partial charge in [-0.2, -0.15) is 0 Å². The Morgan fingerprint density at radius 2 is 1.89 bits per heavy atom. The second-order valence-corrected chi connectivity index (χ2v) is 3.30. The van der Waals surface area contributed by atoms with Crippen LogP contribution in [-0.4, -0.2) is 31.5 Å². The number of aliphatic hydroxyl groups excluding tert-OH is 1. The van der Waals surface area contributed by atoms with E-state index in [0.29, 0.717) is 17.6 Å². The number of hydrogen-bond acceptors (Lipinski definition) is 4. The highest BCUT2D eigenvalue weighted by molar-refractivity contribution is 5.97. The lowest BCUT2D eigenvalue weighted by Gasteiger charge is -2.09. The molecule has 0 fully saturated rings. The van der Waals surface area contributed by atoms with Crippen molar-refractivity contribution in [3.63, 3.8) is 0 Å². The summed E-state index contributed by atoms with van der Waals surface area (Å²) in [5.41, 5.74) is 0.182. The van der Waals surface area contributed by atoms with Gasteiger partial charge in [-0.1, -0.05) is 0 Å². The van der Waals surface area contributed by atoms with Gasteiger partial charge in [-0.25, -0.2) is 8.78 Å². The van der Waals surface area contributed by atoms with Crippen molar-refractivity contribution in [2.24, 2.45) is 0 Å². The summed E-state index contributed by atoms with van der Waals surface area (Å²) in [4.78, 5) is 10.8. The van der Waals surface area contributed by atoms with Crippen molar-refractivity contribution in [3.05, 3.63) is 29.8 Å². The SMILES string of the molecule is COc1ccc(C(O)=CC(=O)C(F)F)cc1OC. The maximum absolute atomic E-state index is 12.0. The van der Waals surface area contributed by atoms with E-state index >= 15 is 0 Å². The highest BCUT2D eigenvalue weighted by Gasteiger charge is 2.15. The third kappa shape index (κ3) is 3.19. The van der Waals surface area contributed by atoms with Crippen molar-refractivity contribution in [2.75, 3.05) is 14.2 Å². The summed E-state index contributed by atoms with van der Waals surface area (Å²) in [6.07, 6.45) is -2.67. The third-order valence-electron chi connectivity index (χ3n) is 2.17. The van der Waals surface area contributed by atoms with Gasteiger partial charge in [-0.3, -0.25) is 4.79 Å². The second kappa shape index (κ2) is 6.00. The first-order valence-electron chi connectivity index (χ1n) is 4.94. The molecule has 0 bridgehead atoms. The monoisotopic (exact) mass is 258 g/mol. The van der Waals surface area contributed by atoms with E-state index in [1.54, 1.807) is 0 Å². The zero-order chi connectivity index (χ0) is 13.7. The highest BCUT2D eigenvalue weighted by atomic mass is 19.3. The van der Waals surface area contributed by atoms with Crippen LogP contribution in [0.2, 0.25) is 0 Å². The zero-order valence-electron chi connectivity index (χ0n) is 9.81. The molecule has 0 spiro atoms. The van der Waals surface area contributed by atoms with Crippen LogP contribution >= 0.6 is 0 Å². The molecule has 0 saturated carbocycles. The van der Waals surface area contributed by atoms with Gasteiger partial charge in [0.25, 0.3) is 6.43 Å². The number of benzene rings is 1. The van der Waals surface area contributed by atoms with Crippen molar-refractivity contribution in [1.82, 2.24) is 0 Å². The maximum Gasteiger partial charge on any atom is 0.300 e. The molecule has 1 N–H and O–H groups in total. The Kier molecular flexibility index (Phi) is 4.65. The Morgan fingerprint density at radius 3 is 2.39 bits per heavy atom. The summed E-state index contributed by atoms with van der Waals surface area (Å²) in [6.45, 7) is 0. The number of hydrogen-bond donors (Lipinski definition) is 1. The Balaban J connectivity index is 3.07. The first kappa shape index (κ1) is 14.0. The lowest BCUT2D eigenvalue weighted by Crippen LogP contribution is -2.06. The van der Waals surface area contributed by atoms with E-state index < -0.39 is 18.0 Å². The normalized spacial score (nSPS) is 11.5. The largest absolute Gasteiger partial charge is 0.507 e. The van der Waals surface area contributed by atoms with Crippen LogP contribution in [0.15, 0.2) is 24.3 Å². The number of rotatable bonds is 5. The van der Waals surface area contributed by atoms with Crippen molar-refractivity contribution < 1.29 is 28.2 Å². The van der Waals surface area contributed by atoms with Crippen LogP contribution in [0, 0.1) is 0 Å². The fourth-order valence-corrected chi connectivity index (χ4v) is 1.28. The molecule has 0 atom stereocenters. The number of carbonyl (C=O) groups is 1. The average Bonchev–Trinajstić information content (AvgIpc) is 2.37. The first-order chi connectivity index (χ1) is 8.49. The van der Waals surface area contributed by atoms with Gasteiger partial charge in [0.05, 0.1) is 14.2 Å². The van der Waals surface area contributed by atoms with Gasteiger partial charge in [0, 0.05) is 11.6 Å². The average molecular weight is 258 g/mol. The molecule has 98 valence electrons. The topological polar surface area (TPSA) is 55.8 Å². The van der Waals surface area contributed by atoms with E-state index in [9.17, 15) is 18.7 Å². The Morgan fingerprint density at radius 1 is 1.28 bits per heavy atom. The quantitative estimate of drug-likeness (QED) is 0.651. The third-order valence-corrected chi connectivity index (χ3v) is 2.17. The number of aliphatic hydroxyl groups is 1. The fourth-order valence-electron chi connectivity index (χ4n) is 1.28. The van der Waals surface area contributed by atoms with E-state index in [2.05, 4.69) is 0 Å². The van der Waals surface area contributed by atoms with Crippen LogP contribution in [0.5, 0.6) is 11.5 Å². The van der Waals surface area contributed by atoms with Gasteiger partial charge < -0.3 is 14.6 Å². The van der Waals surface area contributed by atoms with E-state index in [1.165, 1.54) is 32.4 Å². The van der Waals surface area contributed by atoms with Crippen LogP contribution in [0.4, 0.5) is 8.78 Å². The van der Waals surface area contributed by atoms with Gasteiger partial charge >= 0.3 is 0 Å². The summed E-state index contributed by atoms with van der Waals surface area (Å²) < 4.78 is 34.0. The molecule has 0 aliphatic carbocycles. The van der Waals surface area contributed by atoms with Crippen LogP contribution in [0.3, 0.4) is 0 Å². The molecule has 0 heterocycles. The molecule has 0 aliphatic heterocycles. The minimum Gasteiger partial charge on any atom is -0.507 e. The van der Waals surface area contributed by atoms with Crippen LogP contribution < -0.4 is 9.47 Å². The number of ketones is 1. The Bertz CT molecular complexity index is 469. The molecular weight excluding hydrogens is 246 g/mol. The minimum absolute atomic E-state index is 0.182. The minimum atomic E-state index is -3.15. The number of alkyl halides is 2. The molecular formula is C12H12F2O4. The number of carbonyl (C=O) groups excluding carboxylic acids is 1. The summed E-state index contributed by atoms with van der Waals surface area (Å²) in [5.74, 6) is -1.27. The highest BCUT2D eigenvalue weighted by Crippen LogP contribution is 2.29. The zero-order valence-corrected chi connectivity index (χ0v) is 9.81. The van der Waals surface area contributed by atoms with Crippen molar-refractivity contribution in [1.29, 1.82) is 0 Å². The number of allylic oxidation sites excluding steroid dienone is 1. The van der Waals surface area contributed by atoms with Crippen LogP contribution in [0.25, 0.3) is 5.76 Å². The Labute approximate surface area is 102 Å². The molecule has 0 aliphatic rings. The van der Waals surface area contributed by atoms with E-state index in [0.717, 1.165) is 0 Å². The van der Waals surface area contributed by atoms with Crippen molar-refractivity contribution in [3.8, 4) is 11.5 Å². The maximum atomic E-state index is 12.0. The standard InChI is InChI=1S/C12H12F2O4/c1-17-10-4-3-7(5-11(10)18-2)8(15)6-9(16)12(13)14/h3-6,12,15H,1-2H3. The van der Waals surface area contributed by atoms with Gasteiger partial charge in [0.1, 0.15) is 5.76 Å². The van der Waals surface area contributed by atoms with Crippen LogP contribution in [0.1, 0.15) is 5.56 Å². The van der Waals surface area contributed by atoms with Gasteiger partial charge in [0.2, 0.25) is 5.78 Å². The predicted molar refractivity (Wildman–Crippen MR) is 61.2 cm³/mol. The summed E-state index contributed by atoms with van der Waals surface area (Å²) in [6, 6.07) is 4.29. The lowest BCUT2D eigenvalue weighted by molar-refractivity contribution is -0.124. The Hall–Kier alpha value is -2.11.